The van der Waals surface area contributed by atoms with Crippen molar-refractivity contribution in [1.29, 1.82) is 0 Å². The van der Waals surface area contributed by atoms with Crippen molar-refractivity contribution >= 4 is 17.3 Å². The van der Waals surface area contributed by atoms with Crippen molar-refractivity contribution in [3.05, 3.63) is 71.3 Å². The largest absolute Gasteiger partial charge is 0.485 e. The highest BCUT2D eigenvalue weighted by Crippen LogP contribution is 2.31. The molecule has 1 aliphatic rings. The molecule has 0 fully saturated rings. The minimum atomic E-state index is -1.00. The maximum absolute atomic E-state index is 11.9. The summed E-state index contributed by atoms with van der Waals surface area (Å²) in [6, 6.07) is 14.4. The average molecular weight is 294 g/mol. The summed E-state index contributed by atoms with van der Waals surface area (Å²) >= 11 is 0. The molecule has 2 aromatic carbocycles. The second kappa shape index (κ2) is 5.85. The van der Waals surface area contributed by atoms with Crippen LogP contribution >= 0.6 is 0 Å². The number of hydrogen-bond donors (Lipinski definition) is 1. The first-order valence-corrected chi connectivity index (χ1v) is 6.91. The Morgan fingerprint density at radius 3 is 2.64 bits per heavy atom. The standard InChI is InChI=1S/C18H14O4/c19-15-9-14(8-12-4-2-1-3-5-12)16-10-13(18(20)21)6-7-17(16)22-11-15/h1-7,9-10H,8,11H2,(H,20,21). The molecule has 2 aromatic rings. The fourth-order valence-corrected chi connectivity index (χ4v) is 2.46. The van der Waals surface area contributed by atoms with E-state index in [9.17, 15) is 9.59 Å². The number of aromatic carboxylic acids is 1. The zero-order valence-corrected chi connectivity index (χ0v) is 11.8. The number of carbonyl (C=O) groups excluding carboxylic acids is 1. The Morgan fingerprint density at radius 2 is 1.91 bits per heavy atom. The normalized spacial score (nSPS) is 13.6. The lowest BCUT2D eigenvalue weighted by Crippen LogP contribution is -2.06. The predicted octanol–water partition coefficient (Wildman–Crippen LogP) is 2.97. The van der Waals surface area contributed by atoms with Crippen molar-refractivity contribution in [2.45, 2.75) is 6.42 Å². The molecule has 1 heterocycles. The highest BCUT2D eigenvalue weighted by molar-refractivity contribution is 6.00. The molecule has 0 aliphatic carbocycles. The van der Waals surface area contributed by atoms with E-state index in [-0.39, 0.29) is 18.0 Å². The summed E-state index contributed by atoms with van der Waals surface area (Å²) < 4.78 is 5.47. The molecule has 0 spiro atoms. The molecule has 0 bridgehead atoms. The number of hydrogen-bond acceptors (Lipinski definition) is 3. The molecule has 4 nitrogen and oxygen atoms in total. The Bertz CT molecular complexity index is 760. The lowest BCUT2D eigenvalue weighted by atomic mass is 9.95. The van der Waals surface area contributed by atoms with Gasteiger partial charge in [-0.15, -0.1) is 0 Å². The molecule has 4 heteroatoms. The minimum absolute atomic E-state index is 0.0301. The molecule has 0 radical (unpaired) electrons. The average Bonchev–Trinajstić information content (AvgIpc) is 2.67. The zero-order chi connectivity index (χ0) is 15.5. The molecule has 0 aromatic heterocycles. The second-order valence-corrected chi connectivity index (χ2v) is 5.10. The molecule has 1 aliphatic heterocycles. The fraction of sp³-hybridized carbons (Fsp3) is 0.111. The lowest BCUT2D eigenvalue weighted by Gasteiger charge is -2.11. The van der Waals surface area contributed by atoms with Gasteiger partial charge in [-0.05, 0) is 41.8 Å². The maximum atomic E-state index is 11.9. The second-order valence-electron chi connectivity index (χ2n) is 5.10. The molecular formula is C18H14O4. The molecule has 0 saturated heterocycles. The molecule has 110 valence electrons. The Balaban J connectivity index is 2.06. The first kappa shape index (κ1) is 14.1. The fourth-order valence-electron chi connectivity index (χ4n) is 2.46. The molecule has 22 heavy (non-hydrogen) atoms. The van der Waals surface area contributed by atoms with Crippen molar-refractivity contribution in [2.75, 3.05) is 6.61 Å². The third kappa shape index (κ3) is 2.91. The Hall–Kier alpha value is -2.88. The first-order valence-electron chi connectivity index (χ1n) is 6.91. The molecule has 3 rings (SSSR count). The number of allylic oxidation sites excluding steroid dienone is 1. The van der Waals surface area contributed by atoms with Gasteiger partial charge in [0.05, 0.1) is 5.56 Å². The van der Waals surface area contributed by atoms with Crippen molar-refractivity contribution in [3.8, 4) is 5.75 Å². The predicted molar refractivity (Wildman–Crippen MR) is 82.0 cm³/mol. The van der Waals surface area contributed by atoms with Gasteiger partial charge in [-0.3, -0.25) is 4.79 Å². The van der Waals surface area contributed by atoms with Crippen LogP contribution in [0.15, 0.2) is 54.6 Å². The van der Waals surface area contributed by atoms with E-state index in [2.05, 4.69) is 0 Å². The molecule has 1 N–H and O–H groups in total. The van der Waals surface area contributed by atoms with E-state index in [1.807, 2.05) is 30.3 Å². The van der Waals surface area contributed by atoms with Crippen LogP contribution < -0.4 is 4.74 Å². The first-order chi connectivity index (χ1) is 10.6. The van der Waals surface area contributed by atoms with E-state index in [4.69, 9.17) is 9.84 Å². The number of ether oxygens (including phenoxy) is 1. The molecule has 0 unspecified atom stereocenters. The van der Waals surface area contributed by atoms with Crippen LogP contribution in [0.5, 0.6) is 5.75 Å². The highest BCUT2D eigenvalue weighted by Gasteiger charge is 2.18. The SMILES string of the molecule is O=C1C=C(Cc2ccccc2)c2cc(C(=O)O)ccc2OC1. The van der Waals surface area contributed by atoms with Crippen LogP contribution in [-0.2, 0) is 11.2 Å². The Morgan fingerprint density at radius 1 is 1.14 bits per heavy atom. The van der Waals surface area contributed by atoms with Crippen molar-refractivity contribution in [3.63, 3.8) is 0 Å². The van der Waals surface area contributed by atoms with Gasteiger partial charge in [0.15, 0.2) is 12.4 Å². The Kier molecular flexibility index (Phi) is 3.74. The molecular weight excluding hydrogens is 280 g/mol. The van der Waals surface area contributed by atoms with E-state index < -0.39 is 5.97 Å². The number of benzene rings is 2. The monoisotopic (exact) mass is 294 g/mol. The van der Waals surface area contributed by atoms with Crippen LogP contribution in [0.4, 0.5) is 0 Å². The number of carbonyl (C=O) groups is 2. The highest BCUT2D eigenvalue weighted by atomic mass is 16.5. The van der Waals surface area contributed by atoms with Crippen LogP contribution in [0.3, 0.4) is 0 Å². The summed E-state index contributed by atoms with van der Waals surface area (Å²) in [5.74, 6) is -0.588. The summed E-state index contributed by atoms with van der Waals surface area (Å²) in [5, 5.41) is 9.16. The maximum Gasteiger partial charge on any atom is 0.335 e. The van der Waals surface area contributed by atoms with Crippen LogP contribution in [0.2, 0.25) is 0 Å². The summed E-state index contributed by atoms with van der Waals surface area (Å²) in [6.45, 7) is -0.0301. The van der Waals surface area contributed by atoms with E-state index in [1.54, 1.807) is 18.2 Å². The van der Waals surface area contributed by atoms with Crippen molar-refractivity contribution < 1.29 is 19.4 Å². The molecule has 0 amide bonds. The summed E-state index contributed by atoms with van der Waals surface area (Å²) in [4.78, 5) is 23.0. The van der Waals surface area contributed by atoms with E-state index >= 15 is 0 Å². The third-order valence-electron chi connectivity index (χ3n) is 3.52. The van der Waals surface area contributed by atoms with Gasteiger partial charge in [-0.1, -0.05) is 30.3 Å². The number of ketones is 1. The van der Waals surface area contributed by atoms with Gasteiger partial charge in [0.25, 0.3) is 0 Å². The lowest BCUT2D eigenvalue weighted by molar-refractivity contribution is -0.116. The number of rotatable bonds is 3. The van der Waals surface area contributed by atoms with Gasteiger partial charge in [0.1, 0.15) is 5.75 Å². The van der Waals surface area contributed by atoms with Gasteiger partial charge < -0.3 is 9.84 Å². The summed E-state index contributed by atoms with van der Waals surface area (Å²) in [6.07, 6.45) is 2.09. The van der Waals surface area contributed by atoms with Crippen molar-refractivity contribution in [2.24, 2.45) is 0 Å². The van der Waals surface area contributed by atoms with Gasteiger partial charge in [-0.25, -0.2) is 4.79 Å². The minimum Gasteiger partial charge on any atom is -0.485 e. The van der Waals surface area contributed by atoms with E-state index in [0.717, 1.165) is 11.1 Å². The molecule has 0 atom stereocenters. The summed E-state index contributed by atoms with van der Waals surface area (Å²) in [5.41, 5.74) is 2.66. The number of fused-ring (bicyclic) bond motifs is 1. The smallest absolute Gasteiger partial charge is 0.335 e. The van der Waals surface area contributed by atoms with E-state index in [1.165, 1.54) is 6.07 Å². The van der Waals surface area contributed by atoms with Crippen LogP contribution in [0.1, 0.15) is 21.5 Å². The summed E-state index contributed by atoms with van der Waals surface area (Å²) in [7, 11) is 0. The number of carboxylic acid groups (broad SMARTS) is 1. The topological polar surface area (TPSA) is 63.6 Å². The van der Waals surface area contributed by atoms with Crippen LogP contribution in [0, 0.1) is 0 Å². The zero-order valence-electron chi connectivity index (χ0n) is 11.8. The van der Waals surface area contributed by atoms with Gasteiger partial charge >= 0.3 is 5.97 Å². The van der Waals surface area contributed by atoms with Crippen LogP contribution in [-0.4, -0.2) is 23.5 Å². The van der Waals surface area contributed by atoms with Gasteiger partial charge in [0.2, 0.25) is 0 Å². The molecule has 0 saturated carbocycles. The quantitative estimate of drug-likeness (QED) is 0.945. The third-order valence-corrected chi connectivity index (χ3v) is 3.52. The Labute approximate surface area is 127 Å². The van der Waals surface area contributed by atoms with Crippen LogP contribution in [0.25, 0.3) is 5.57 Å². The van der Waals surface area contributed by atoms with E-state index in [0.29, 0.717) is 17.7 Å². The van der Waals surface area contributed by atoms with Crippen molar-refractivity contribution in [1.82, 2.24) is 0 Å². The van der Waals surface area contributed by atoms with Gasteiger partial charge in [0, 0.05) is 5.56 Å². The van der Waals surface area contributed by atoms with Gasteiger partial charge in [-0.2, -0.15) is 0 Å². The number of carboxylic acids is 1.